The summed E-state index contributed by atoms with van der Waals surface area (Å²) in [6.07, 6.45) is -4.54. The number of halogens is 3. The number of hydrogen-bond acceptors (Lipinski definition) is 5. The van der Waals surface area contributed by atoms with Crippen molar-refractivity contribution in [1.82, 2.24) is 14.5 Å². The van der Waals surface area contributed by atoms with Crippen LogP contribution in [0.25, 0.3) is 11.0 Å². The number of carboxylic acids is 1. The van der Waals surface area contributed by atoms with Crippen molar-refractivity contribution >= 4 is 28.8 Å². The number of fused-ring (bicyclic) bond motifs is 1. The number of aliphatic carboxylic acids is 1. The Bertz CT molecular complexity index is 1120. The predicted octanol–water partition coefficient (Wildman–Crippen LogP) is 0.261. The Morgan fingerprint density at radius 3 is 2.47 bits per heavy atom. The Morgan fingerprint density at radius 1 is 1.30 bits per heavy atom. The predicted molar refractivity (Wildman–Crippen MR) is 98.2 cm³/mol. The van der Waals surface area contributed by atoms with Gasteiger partial charge in [0, 0.05) is 19.0 Å². The fraction of sp³-hybridized carbons (Fsp3) is 0.333. The second-order valence-electron chi connectivity index (χ2n) is 6.19. The first-order valence-corrected chi connectivity index (χ1v) is 8.51. The number of carbonyl (C=O) groups excluding carboxylic acids is 2. The van der Waals surface area contributed by atoms with Gasteiger partial charge in [-0.25, -0.2) is 9.59 Å². The lowest BCUT2D eigenvalue weighted by atomic mass is 10.1. The summed E-state index contributed by atoms with van der Waals surface area (Å²) in [4.78, 5) is 44.8. The highest BCUT2D eigenvalue weighted by molar-refractivity contribution is 6.00. The molecule has 1 saturated heterocycles. The van der Waals surface area contributed by atoms with E-state index in [1.807, 2.05) is 0 Å². The lowest BCUT2D eigenvalue weighted by Crippen LogP contribution is -2.44. The van der Waals surface area contributed by atoms with Crippen molar-refractivity contribution in [2.24, 2.45) is 12.8 Å². The van der Waals surface area contributed by atoms with Gasteiger partial charge in [0.25, 0.3) is 0 Å². The molecule has 1 aliphatic heterocycles. The Kier molecular flexibility index (Phi) is 6.68. The normalized spacial score (nSPS) is 16.2. The summed E-state index contributed by atoms with van der Waals surface area (Å²) in [5, 5.41) is 9.41. The molecule has 1 fully saturated rings. The average Bonchev–Trinajstić information content (AvgIpc) is 2.91. The van der Waals surface area contributed by atoms with Crippen LogP contribution in [-0.2, 0) is 21.4 Å². The Hall–Kier alpha value is -3.59. The summed E-state index contributed by atoms with van der Waals surface area (Å²) in [7, 11) is 1.65. The number of alkyl halides is 3. The summed E-state index contributed by atoms with van der Waals surface area (Å²) in [5.74, 6) is 2.19. The molecule has 1 aromatic carbocycles. The number of nitrogens with zero attached hydrogens (tertiary/aromatic N) is 2. The van der Waals surface area contributed by atoms with Crippen molar-refractivity contribution < 1.29 is 32.7 Å². The summed E-state index contributed by atoms with van der Waals surface area (Å²) in [5.41, 5.74) is 7.15. The molecule has 4 N–H and O–H groups in total. The van der Waals surface area contributed by atoms with E-state index in [1.165, 1.54) is 9.13 Å². The van der Waals surface area contributed by atoms with Crippen LogP contribution in [0, 0.1) is 11.8 Å². The minimum atomic E-state index is -5.08. The van der Waals surface area contributed by atoms with E-state index in [0.717, 1.165) is 5.56 Å². The summed E-state index contributed by atoms with van der Waals surface area (Å²) < 4.78 is 34.7. The standard InChI is InChI=1S/C16H16N4O3.C2HF3O2/c1-19-13-9-10(3-2-8-17)4-5-11(13)20(16(19)23)12-6-7-14(21)18-15(12)22;3-2(4,5)1(6)7/h4-5,9,12H,6-8,17H2,1H3,(H,18,21,22);(H,6,7). The molecule has 3 rings (SSSR count). The fourth-order valence-electron chi connectivity index (χ4n) is 2.82. The van der Waals surface area contributed by atoms with Gasteiger partial charge < -0.3 is 10.8 Å². The second kappa shape index (κ2) is 8.83. The van der Waals surface area contributed by atoms with Gasteiger partial charge in [-0.3, -0.25) is 24.0 Å². The maximum absolute atomic E-state index is 12.5. The van der Waals surface area contributed by atoms with E-state index < -0.39 is 24.1 Å². The van der Waals surface area contributed by atoms with Gasteiger partial charge in [-0.05, 0) is 24.6 Å². The highest BCUT2D eigenvalue weighted by Gasteiger charge is 2.38. The highest BCUT2D eigenvalue weighted by atomic mass is 19.4. The van der Waals surface area contributed by atoms with E-state index in [-0.39, 0.29) is 24.6 Å². The van der Waals surface area contributed by atoms with Gasteiger partial charge in [-0.1, -0.05) is 11.8 Å². The molecule has 0 bridgehead atoms. The van der Waals surface area contributed by atoms with Crippen molar-refractivity contribution in [3.63, 3.8) is 0 Å². The van der Waals surface area contributed by atoms with Crippen LogP contribution >= 0.6 is 0 Å². The van der Waals surface area contributed by atoms with Crippen molar-refractivity contribution in [2.45, 2.75) is 25.1 Å². The van der Waals surface area contributed by atoms with Gasteiger partial charge in [-0.15, -0.1) is 0 Å². The average molecular weight is 426 g/mol. The largest absolute Gasteiger partial charge is 0.490 e. The molecule has 1 aliphatic rings. The molecule has 9 nitrogen and oxygen atoms in total. The number of imidazole rings is 1. The molecule has 12 heteroatoms. The minimum Gasteiger partial charge on any atom is -0.475 e. The molecule has 1 atom stereocenters. The molecule has 2 aromatic rings. The number of benzene rings is 1. The first kappa shape index (κ1) is 22.7. The Labute approximate surface area is 167 Å². The zero-order valence-corrected chi connectivity index (χ0v) is 15.6. The van der Waals surface area contributed by atoms with Crippen molar-refractivity contribution in [3.05, 3.63) is 34.2 Å². The van der Waals surface area contributed by atoms with Gasteiger partial charge in [0.05, 0.1) is 17.6 Å². The third-order valence-electron chi connectivity index (χ3n) is 4.19. The topological polar surface area (TPSA) is 136 Å². The number of imide groups is 1. The summed E-state index contributed by atoms with van der Waals surface area (Å²) >= 11 is 0. The molecule has 0 saturated carbocycles. The number of aromatic nitrogens is 2. The Morgan fingerprint density at radius 2 is 1.93 bits per heavy atom. The van der Waals surface area contributed by atoms with Gasteiger partial charge in [0.1, 0.15) is 6.04 Å². The number of piperidine rings is 1. The summed E-state index contributed by atoms with van der Waals surface area (Å²) in [6, 6.07) is 4.67. The molecule has 0 aliphatic carbocycles. The third kappa shape index (κ3) is 4.87. The van der Waals surface area contributed by atoms with Gasteiger partial charge in [0.2, 0.25) is 11.8 Å². The molecular weight excluding hydrogens is 409 g/mol. The van der Waals surface area contributed by atoms with Crippen molar-refractivity contribution in [3.8, 4) is 11.8 Å². The number of carboxylic acid groups (broad SMARTS) is 1. The quantitative estimate of drug-likeness (QED) is 0.442. The smallest absolute Gasteiger partial charge is 0.475 e. The van der Waals surface area contributed by atoms with E-state index in [1.54, 1.807) is 25.2 Å². The lowest BCUT2D eigenvalue weighted by molar-refractivity contribution is -0.192. The van der Waals surface area contributed by atoms with Crippen LogP contribution < -0.4 is 16.7 Å². The number of nitrogens with two attached hydrogens (primary N) is 1. The second-order valence-corrected chi connectivity index (χ2v) is 6.19. The van der Waals surface area contributed by atoms with Crippen molar-refractivity contribution in [2.75, 3.05) is 6.54 Å². The molecule has 160 valence electrons. The lowest BCUT2D eigenvalue weighted by Gasteiger charge is -2.21. The molecule has 2 amide bonds. The number of amides is 2. The van der Waals surface area contributed by atoms with Crippen LogP contribution in [0.3, 0.4) is 0 Å². The molecule has 2 heterocycles. The molecule has 0 radical (unpaired) electrons. The van der Waals surface area contributed by atoms with E-state index in [2.05, 4.69) is 17.2 Å². The number of aryl methyl sites for hydroxylation is 1. The first-order chi connectivity index (χ1) is 14.0. The van der Waals surface area contributed by atoms with E-state index >= 15 is 0 Å². The van der Waals surface area contributed by atoms with E-state index in [9.17, 15) is 27.6 Å². The fourth-order valence-corrected chi connectivity index (χ4v) is 2.82. The van der Waals surface area contributed by atoms with Crippen LogP contribution in [0.1, 0.15) is 24.4 Å². The molecule has 1 unspecified atom stereocenters. The van der Waals surface area contributed by atoms with Crippen LogP contribution in [0.2, 0.25) is 0 Å². The van der Waals surface area contributed by atoms with Crippen molar-refractivity contribution in [1.29, 1.82) is 0 Å². The maximum Gasteiger partial charge on any atom is 0.490 e. The number of carbonyl (C=O) groups is 3. The zero-order valence-electron chi connectivity index (χ0n) is 15.6. The molecule has 0 spiro atoms. The van der Waals surface area contributed by atoms with E-state index in [4.69, 9.17) is 15.6 Å². The first-order valence-electron chi connectivity index (χ1n) is 8.51. The highest BCUT2D eigenvalue weighted by Crippen LogP contribution is 2.23. The van der Waals surface area contributed by atoms with Gasteiger partial charge >= 0.3 is 17.8 Å². The van der Waals surface area contributed by atoms with Crippen LogP contribution in [0.4, 0.5) is 13.2 Å². The SMILES string of the molecule is Cn1c(=O)n(C2CCC(=O)NC2=O)c2ccc(C#CCN)cc21.O=C(O)C(F)(F)F. The Balaban J connectivity index is 0.000000396. The number of hydrogen-bond donors (Lipinski definition) is 3. The molecule has 1 aromatic heterocycles. The molecule has 30 heavy (non-hydrogen) atoms. The summed E-state index contributed by atoms with van der Waals surface area (Å²) in [6.45, 7) is 0.258. The monoisotopic (exact) mass is 426 g/mol. The number of rotatable bonds is 1. The van der Waals surface area contributed by atoms with Crippen LogP contribution in [0.5, 0.6) is 0 Å². The minimum absolute atomic E-state index is 0.222. The van der Waals surface area contributed by atoms with E-state index in [0.29, 0.717) is 17.5 Å². The van der Waals surface area contributed by atoms with Gasteiger partial charge in [0.15, 0.2) is 0 Å². The van der Waals surface area contributed by atoms with Crippen LogP contribution in [-0.4, -0.2) is 44.7 Å². The maximum atomic E-state index is 12.5. The third-order valence-corrected chi connectivity index (χ3v) is 4.19. The van der Waals surface area contributed by atoms with Crippen LogP contribution in [0.15, 0.2) is 23.0 Å². The number of nitrogens with one attached hydrogen (secondary N) is 1. The van der Waals surface area contributed by atoms with Gasteiger partial charge in [-0.2, -0.15) is 13.2 Å². The molecular formula is C18H17F3N4O5. The zero-order chi connectivity index (χ0) is 22.6.